The Balaban J connectivity index is 1.70. The zero-order valence-corrected chi connectivity index (χ0v) is 24.1. The van der Waals surface area contributed by atoms with Crippen molar-refractivity contribution in [3.63, 3.8) is 0 Å². The van der Waals surface area contributed by atoms with E-state index >= 15 is 0 Å². The zero-order chi connectivity index (χ0) is 28.9. The molecule has 3 unspecified atom stereocenters. The maximum absolute atomic E-state index is 14.4. The fourth-order valence-electron chi connectivity index (χ4n) is 5.01. The Hall–Kier alpha value is -3.87. The van der Waals surface area contributed by atoms with Crippen molar-refractivity contribution >= 4 is 34.4 Å². The Morgan fingerprint density at radius 3 is 2.20 bits per heavy atom. The quantitative estimate of drug-likeness (QED) is 0.309. The van der Waals surface area contributed by atoms with Crippen molar-refractivity contribution in [3.05, 3.63) is 78.4 Å². The van der Waals surface area contributed by atoms with Crippen LogP contribution in [0.3, 0.4) is 0 Å². The third kappa shape index (κ3) is 7.00. The molecule has 3 atom stereocenters. The first-order valence-corrected chi connectivity index (χ1v) is 14.2. The van der Waals surface area contributed by atoms with Crippen molar-refractivity contribution in [3.8, 4) is 0 Å². The van der Waals surface area contributed by atoms with E-state index in [2.05, 4.69) is 10.6 Å². The smallest absolute Gasteiger partial charge is 0.408 e. The first-order valence-electron chi connectivity index (χ1n) is 14.2. The van der Waals surface area contributed by atoms with Crippen molar-refractivity contribution in [2.24, 2.45) is 5.92 Å². The molecule has 1 fully saturated rings. The van der Waals surface area contributed by atoms with Crippen LogP contribution in [0.1, 0.15) is 71.9 Å². The van der Waals surface area contributed by atoms with E-state index in [0.717, 1.165) is 35.6 Å². The number of carbonyl (C=O) groups excluding carboxylic acids is 3. The highest BCUT2D eigenvalue weighted by atomic mass is 16.6. The summed E-state index contributed by atoms with van der Waals surface area (Å²) in [5, 5.41) is 8.01. The number of amides is 3. The van der Waals surface area contributed by atoms with Crippen LogP contribution >= 0.6 is 0 Å². The fourth-order valence-corrected chi connectivity index (χ4v) is 5.01. The monoisotopic (exact) mass is 543 g/mol. The molecule has 3 aromatic rings. The summed E-state index contributed by atoms with van der Waals surface area (Å²) in [5.74, 6) is -0.725. The van der Waals surface area contributed by atoms with Crippen molar-refractivity contribution in [1.82, 2.24) is 10.2 Å². The molecule has 212 valence electrons. The van der Waals surface area contributed by atoms with Gasteiger partial charge in [-0.15, -0.1) is 0 Å². The lowest BCUT2D eigenvalue weighted by molar-refractivity contribution is -0.147. The molecule has 3 amide bonds. The molecule has 7 heteroatoms. The molecular formula is C33H41N3O4. The van der Waals surface area contributed by atoms with Crippen LogP contribution in [0, 0.1) is 5.92 Å². The molecule has 0 saturated heterocycles. The second-order valence-electron chi connectivity index (χ2n) is 11.7. The first-order chi connectivity index (χ1) is 19.1. The lowest BCUT2D eigenvalue weighted by Crippen LogP contribution is -2.58. The second-order valence-corrected chi connectivity index (χ2v) is 11.7. The molecule has 0 radical (unpaired) electrons. The van der Waals surface area contributed by atoms with Gasteiger partial charge < -0.3 is 20.3 Å². The van der Waals surface area contributed by atoms with Crippen LogP contribution in [-0.2, 0) is 14.3 Å². The van der Waals surface area contributed by atoms with Gasteiger partial charge in [0.05, 0.1) is 0 Å². The highest BCUT2D eigenvalue weighted by Gasteiger charge is 2.43. The van der Waals surface area contributed by atoms with Gasteiger partial charge in [-0.1, -0.05) is 80.9 Å². The van der Waals surface area contributed by atoms with Crippen molar-refractivity contribution in [2.75, 3.05) is 5.32 Å². The first kappa shape index (κ1) is 29.1. The molecular weight excluding hydrogens is 502 g/mol. The van der Waals surface area contributed by atoms with Crippen LogP contribution in [0.5, 0.6) is 0 Å². The van der Waals surface area contributed by atoms with Crippen LogP contribution in [0.2, 0.25) is 0 Å². The van der Waals surface area contributed by atoms with Crippen LogP contribution in [0.4, 0.5) is 10.5 Å². The molecule has 0 bridgehead atoms. The van der Waals surface area contributed by atoms with E-state index in [-0.39, 0.29) is 23.8 Å². The molecule has 0 aromatic heterocycles. The van der Waals surface area contributed by atoms with Gasteiger partial charge >= 0.3 is 6.09 Å². The molecule has 2 N–H and O–H groups in total. The van der Waals surface area contributed by atoms with Gasteiger partial charge in [0.25, 0.3) is 5.91 Å². The third-order valence-corrected chi connectivity index (χ3v) is 7.53. The predicted octanol–water partition coefficient (Wildman–Crippen LogP) is 6.84. The van der Waals surface area contributed by atoms with Gasteiger partial charge in [0.2, 0.25) is 5.91 Å². The zero-order valence-electron chi connectivity index (χ0n) is 24.1. The standard InChI is InChI=1S/C33H41N3O4/c1-6-22(2)28(35-32(39)40-33(3,4)5)31(38)36(27-17-12-18-27)29(24-14-8-7-9-15-24)30(37)34-26-20-19-23-13-10-11-16-25(23)21-26/h7-11,13-16,19-22,27-29H,6,12,17-18H2,1-5H3,(H,34,37)(H,35,39). The number of rotatable bonds is 9. The van der Waals surface area contributed by atoms with Gasteiger partial charge in [0.1, 0.15) is 17.7 Å². The third-order valence-electron chi connectivity index (χ3n) is 7.53. The Morgan fingerprint density at radius 1 is 0.950 bits per heavy atom. The number of nitrogens with zero attached hydrogens (tertiary/aromatic N) is 1. The van der Waals surface area contributed by atoms with E-state index in [1.165, 1.54) is 0 Å². The van der Waals surface area contributed by atoms with Gasteiger partial charge in [-0.05, 0) is 74.4 Å². The van der Waals surface area contributed by atoms with Crippen molar-refractivity contribution in [2.45, 2.75) is 84.0 Å². The van der Waals surface area contributed by atoms with Crippen molar-refractivity contribution < 1.29 is 19.1 Å². The number of nitrogens with one attached hydrogen (secondary N) is 2. The molecule has 40 heavy (non-hydrogen) atoms. The highest BCUT2D eigenvalue weighted by Crippen LogP contribution is 2.35. The summed E-state index contributed by atoms with van der Waals surface area (Å²) in [6.07, 6.45) is 2.62. The van der Waals surface area contributed by atoms with Gasteiger partial charge in [-0.2, -0.15) is 0 Å². The van der Waals surface area contributed by atoms with E-state index in [9.17, 15) is 14.4 Å². The van der Waals surface area contributed by atoms with E-state index < -0.39 is 23.8 Å². The summed E-state index contributed by atoms with van der Waals surface area (Å²) in [5.41, 5.74) is 0.685. The summed E-state index contributed by atoms with van der Waals surface area (Å²) < 4.78 is 5.50. The summed E-state index contributed by atoms with van der Waals surface area (Å²) in [4.78, 5) is 43.0. The normalized spacial score (nSPS) is 15.8. The van der Waals surface area contributed by atoms with Gasteiger partial charge in [-0.3, -0.25) is 9.59 Å². The lowest BCUT2D eigenvalue weighted by Gasteiger charge is -2.44. The molecule has 1 saturated carbocycles. The number of anilines is 1. The summed E-state index contributed by atoms with van der Waals surface area (Å²) in [6, 6.07) is 21.4. The van der Waals surface area contributed by atoms with E-state index in [1.54, 1.807) is 25.7 Å². The van der Waals surface area contributed by atoms with Gasteiger partial charge in [0, 0.05) is 11.7 Å². The minimum absolute atomic E-state index is 0.105. The minimum atomic E-state index is -0.863. The van der Waals surface area contributed by atoms with Crippen LogP contribution < -0.4 is 10.6 Å². The van der Waals surface area contributed by atoms with E-state index in [4.69, 9.17) is 4.74 Å². The van der Waals surface area contributed by atoms with Gasteiger partial charge in [0.15, 0.2) is 0 Å². The molecule has 0 heterocycles. The van der Waals surface area contributed by atoms with Crippen LogP contribution in [-0.4, -0.2) is 40.5 Å². The van der Waals surface area contributed by atoms with Crippen LogP contribution in [0.25, 0.3) is 10.8 Å². The van der Waals surface area contributed by atoms with E-state index in [0.29, 0.717) is 12.1 Å². The Kier molecular flexibility index (Phi) is 9.13. The lowest BCUT2D eigenvalue weighted by atomic mass is 9.86. The molecule has 0 spiro atoms. The topological polar surface area (TPSA) is 87.7 Å². The molecule has 1 aliphatic carbocycles. The average Bonchev–Trinajstić information content (AvgIpc) is 2.89. The Morgan fingerprint density at radius 2 is 1.60 bits per heavy atom. The minimum Gasteiger partial charge on any atom is -0.444 e. The fraction of sp³-hybridized carbons (Fsp3) is 0.424. The van der Waals surface area contributed by atoms with E-state index in [1.807, 2.05) is 86.6 Å². The Bertz CT molecular complexity index is 1330. The maximum atomic E-state index is 14.4. The highest BCUT2D eigenvalue weighted by molar-refractivity contribution is 6.00. The number of hydrogen-bond acceptors (Lipinski definition) is 4. The summed E-state index contributed by atoms with van der Waals surface area (Å²) >= 11 is 0. The molecule has 3 aromatic carbocycles. The summed E-state index contributed by atoms with van der Waals surface area (Å²) in [6.45, 7) is 9.28. The van der Waals surface area contributed by atoms with Crippen LogP contribution in [0.15, 0.2) is 72.8 Å². The SMILES string of the molecule is CCC(C)C(NC(=O)OC(C)(C)C)C(=O)N(C1CCC1)C(C(=O)Nc1ccc2ccccc2c1)c1ccccc1. The molecule has 1 aliphatic rings. The predicted molar refractivity (Wildman–Crippen MR) is 159 cm³/mol. The molecule has 4 rings (SSSR count). The Labute approximate surface area is 237 Å². The number of carbonyl (C=O) groups is 3. The molecule has 7 nitrogen and oxygen atoms in total. The van der Waals surface area contributed by atoms with Crippen molar-refractivity contribution in [1.29, 1.82) is 0 Å². The second kappa shape index (κ2) is 12.5. The van der Waals surface area contributed by atoms with Gasteiger partial charge in [-0.25, -0.2) is 4.79 Å². The number of fused-ring (bicyclic) bond motifs is 1. The average molecular weight is 544 g/mol. The summed E-state index contributed by atoms with van der Waals surface area (Å²) in [7, 11) is 0. The number of ether oxygens (including phenoxy) is 1. The maximum Gasteiger partial charge on any atom is 0.408 e. The largest absolute Gasteiger partial charge is 0.444 e. The number of benzene rings is 3. The molecule has 0 aliphatic heterocycles. The number of hydrogen-bond donors (Lipinski definition) is 2. The number of alkyl carbamates (subject to hydrolysis) is 1.